The van der Waals surface area contributed by atoms with E-state index in [-0.39, 0.29) is 32.6 Å². The average Bonchev–Trinajstić information content (AvgIpc) is 3.22. The van der Waals surface area contributed by atoms with Crippen LogP contribution in [0.15, 0.2) is 109 Å². The predicted molar refractivity (Wildman–Crippen MR) is 247 cm³/mol. The fourth-order valence-electron chi connectivity index (χ4n) is 5.30. The zero-order valence-corrected chi connectivity index (χ0v) is 37.6. The molecule has 10 heteroatoms. The number of carbonyl (C=O) groups is 2. The first-order valence-electron chi connectivity index (χ1n) is 22.4. The largest absolute Gasteiger partial charge is 0.472 e. The molecule has 0 aromatic carbocycles. The quantitative estimate of drug-likeness (QED) is 0.0267. The lowest BCUT2D eigenvalue weighted by molar-refractivity contribution is -0.161. The normalized spacial score (nSPS) is 14.3. The molecule has 2 atom stereocenters. The van der Waals surface area contributed by atoms with Crippen LogP contribution < -0.4 is 5.73 Å². The molecule has 0 fully saturated rings. The molecule has 0 aliphatic carbocycles. The number of carbonyl (C=O) groups excluding carboxylic acids is 2. The van der Waals surface area contributed by atoms with Crippen molar-refractivity contribution >= 4 is 19.8 Å². The number of unbranched alkanes of at least 4 members (excludes halogenated alkanes) is 9. The van der Waals surface area contributed by atoms with E-state index < -0.39 is 32.5 Å². The highest BCUT2D eigenvalue weighted by Gasteiger charge is 2.25. The first kappa shape index (κ1) is 55.7. The highest BCUT2D eigenvalue weighted by atomic mass is 31.2. The highest BCUT2D eigenvalue weighted by Crippen LogP contribution is 2.43. The van der Waals surface area contributed by atoms with E-state index in [9.17, 15) is 19.0 Å². The average molecular weight is 842 g/mol. The maximum atomic E-state index is 12.6. The zero-order valence-electron chi connectivity index (χ0n) is 36.7. The van der Waals surface area contributed by atoms with Gasteiger partial charge in [0.15, 0.2) is 6.10 Å². The van der Waals surface area contributed by atoms with Gasteiger partial charge in [0.2, 0.25) is 0 Å². The van der Waals surface area contributed by atoms with E-state index in [1.807, 2.05) is 12.2 Å². The summed E-state index contributed by atoms with van der Waals surface area (Å²) in [5, 5.41) is 0. The minimum Gasteiger partial charge on any atom is -0.462 e. The van der Waals surface area contributed by atoms with Crippen molar-refractivity contribution in [2.24, 2.45) is 5.73 Å². The molecular formula is C49H80NO8P. The fraction of sp³-hybridized carbons (Fsp3) is 0.592. The van der Waals surface area contributed by atoms with Crippen molar-refractivity contribution in [2.45, 2.75) is 161 Å². The minimum atomic E-state index is -4.41. The molecule has 2 unspecified atom stereocenters. The second-order valence-electron chi connectivity index (χ2n) is 14.2. The van der Waals surface area contributed by atoms with Crippen LogP contribution in [0.5, 0.6) is 0 Å². The third-order valence-electron chi connectivity index (χ3n) is 8.64. The molecular weight excluding hydrogens is 762 g/mol. The first-order chi connectivity index (χ1) is 28.8. The monoisotopic (exact) mass is 842 g/mol. The van der Waals surface area contributed by atoms with E-state index in [1.54, 1.807) is 0 Å². The van der Waals surface area contributed by atoms with Crippen LogP contribution in [0.4, 0.5) is 0 Å². The lowest BCUT2D eigenvalue weighted by Gasteiger charge is -2.19. The van der Waals surface area contributed by atoms with Crippen LogP contribution in [0.1, 0.15) is 155 Å². The summed E-state index contributed by atoms with van der Waals surface area (Å²) >= 11 is 0. The molecule has 0 aliphatic heterocycles. The Hall–Kier alpha value is -3.33. The number of allylic oxidation sites excluding steroid dienone is 18. The van der Waals surface area contributed by atoms with E-state index in [0.717, 1.165) is 64.2 Å². The van der Waals surface area contributed by atoms with E-state index in [1.165, 1.54) is 51.4 Å². The number of phosphoric ester groups is 1. The van der Waals surface area contributed by atoms with Gasteiger partial charge in [-0.05, 0) is 96.3 Å². The second kappa shape index (κ2) is 44.2. The summed E-state index contributed by atoms with van der Waals surface area (Å²) in [5.41, 5.74) is 5.34. The second-order valence-corrected chi connectivity index (χ2v) is 15.7. The Labute approximate surface area is 359 Å². The molecule has 0 rings (SSSR count). The number of phosphoric acid groups is 1. The number of ether oxygens (including phenoxy) is 2. The molecule has 0 bridgehead atoms. The summed E-state index contributed by atoms with van der Waals surface area (Å²) in [6.07, 6.45) is 58.5. The summed E-state index contributed by atoms with van der Waals surface area (Å²) in [4.78, 5) is 34.9. The van der Waals surface area contributed by atoms with E-state index in [4.69, 9.17) is 24.3 Å². The molecule has 3 N–H and O–H groups in total. The third kappa shape index (κ3) is 44.1. The number of rotatable bonds is 40. The number of hydrogen-bond acceptors (Lipinski definition) is 8. The van der Waals surface area contributed by atoms with Crippen molar-refractivity contribution in [3.63, 3.8) is 0 Å². The van der Waals surface area contributed by atoms with Gasteiger partial charge >= 0.3 is 19.8 Å². The molecule has 0 spiro atoms. The Morgan fingerprint density at radius 1 is 0.508 bits per heavy atom. The summed E-state index contributed by atoms with van der Waals surface area (Å²) < 4.78 is 32.7. The Balaban J connectivity index is 4.36. The number of esters is 2. The van der Waals surface area contributed by atoms with Gasteiger partial charge in [-0.25, -0.2) is 4.57 Å². The van der Waals surface area contributed by atoms with Gasteiger partial charge in [0.25, 0.3) is 0 Å². The van der Waals surface area contributed by atoms with Crippen LogP contribution in [0, 0.1) is 0 Å². The zero-order chi connectivity index (χ0) is 43.2. The maximum absolute atomic E-state index is 12.6. The van der Waals surface area contributed by atoms with Crippen LogP contribution in [0.2, 0.25) is 0 Å². The van der Waals surface area contributed by atoms with Crippen LogP contribution in [0.25, 0.3) is 0 Å². The Kier molecular flexibility index (Phi) is 41.7. The molecule has 0 radical (unpaired) electrons. The Morgan fingerprint density at radius 2 is 0.915 bits per heavy atom. The van der Waals surface area contributed by atoms with Crippen LogP contribution >= 0.6 is 7.82 Å². The molecule has 0 saturated carbocycles. The lowest BCUT2D eigenvalue weighted by Crippen LogP contribution is -2.29. The van der Waals surface area contributed by atoms with Gasteiger partial charge in [-0.1, -0.05) is 155 Å². The standard InChI is InChI=1S/C49H80NO8P/c1-3-5-7-9-11-13-15-17-19-21-23-25-27-29-31-33-35-37-39-41-48(51)55-45-47(46-57-59(53,54)56-44-43-50)58-49(52)42-40-38-36-34-32-30-28-26-24-22-20-18-16-14-12-10-8-6-4-2/h11-14,17-20,23-26,29-32,36,38,47H,3-10,15-16,21-22,27-28,33-35,37,39-46,50H2,1-2H3,(H,53,54). The molecule has 0 saturated heterocycles. The summed E-state index contributed by atoms with van der Waals surface area (Å²) in [7, 11) is -4.41. The van der Waals surface area contributed by atoms with Gasteiger partial charge < -0.3 is 20.1 Å². The van der Waals surface area contributed by atoms with Crippen molar-refractivity contribution in [1.82, 2.24) is 0 Å². The fourth-order valence-corrected chi connectivity index (χ4v) is 6.07. The number of nitrogens with two attached hydrogens (primary N) is 1. The molecule has 9 nitrogen and oxygen atoms in total. The predicted octanol–water partition coefficient (Wildman–Crippen LogP) is 13.2. The van der Waals surface area contributed by atoms with E-state index in [2.05, 4.69) is 111 Å². The highest BCUT2D eigenvalue weighted by molar-refractivity contribution is 7.47. The van der Waals surface area contributed by atoms with Gasteiger partial charge in [0, 0.05) is 19.4 Å². The van der Waals surface area contributed by atoms with Gasteiger partial charge in [-0.3, -0.25) is 18.6 Å². The van der Waals surface area contributed by atoms with Gasteiger partial charge in [-0.15, -0.1) is 0 Å². The number of hydrogen-bond donors (Lipinski definition) is 2. The molecule has 0 heterocycles. The minimum absolute atomic E-state index is 0.0312. The van der Waals surface area contributed by atoms with E-state index in [0.29, 0.717) is 12.8 Å². The lowest BCUT2D eigenvalue weighted by atomic mass is 10.1. The Morgan fingerprint density at radius 3 is 1.34 bits per heavy atom. The summed E-state index contributed by atoms with van der Waals surface area (Å²) in [6.45, 7) is 3.53. The molecule has 0 aromatic rings. The Bertz CT molecular complexity index is 1330. The van der Waals surface area contributed by atoms with Gasteiger partial charge in [0.05, 0.1) is 13.2 Å². The van der Waals surface area contributed by atoms with Gasteiger partial charge in [0.1, 0.15) is 6.61 Å². The topological polar surface area (TPSA) is 134 Å². The SMILES string of the molecule is CCCCCC=CCC=CCC=CCC=CCC=CCCC(=O)OC(COC(=O)CCCCCC=CCC=CCC=CCC=CCCCCC)COP(=O)(O)OCCN. The molecule has 59 heavy (non-hydrogen) atoms. The van der Waals surface area contributed by atoms with Crippen LogP contribution in [0.3, 0.4) is 0 Å². The summed E-state index contributed by atoms with van der Waals surface area (Å²) in [5.74, 6) is -0.973. The van der Waals surface area contributed by atoms with Crippen LogP contribution in [-0.4, -0.2) is 49.3 Å². The van der Waals surface area contributed by atoms with Crippen molar-refractivity contribution < 1.29 is 37.6 Å². The van der Waals surface area contributed by atoms with Crippen molar-refractivity contribution in [3.05, 3.63) is 109 Å². The first-order valence-corrected chi connectivity index (χ1v) is 23.9. The van der Waals surface area contributed by atoms with Crippen molar-refractivity contribution in [3.8, 4) is 0 Å². The van der Waals surface area contributed by atoms with Crippen molar-refractivity contribution in [2.75, 3.05) is 26.4 Å². The molecule has 0 aromatic heterocycles. The van der Waals surface area contributed by atoms with Crippen molar-refractivity contribution in [1.29, 1.82) is 0 Å². The molecule has 0 amide bonds. The van der Waals surface area contributed by atoms with E-state index >= 15 is 0 Å². The molecule has 334 valence electrons. The maximum Gasteiger partial charge on any atom is 0.472 e. The third-order valence-corrected chi connectivity index (χ3v) is 9.63. The summed E-state index contributed by atoms with van der Waals surface area (Å²) in [6, 6.07) is 0. The van der Waals surface area contributed by atoms with Crippen LogP contribution in [-0.2, 0) is 32.7 Å². The molecule has 0 aliphatic rings. The van der Waals surface area contributed by atoms with Gasteiger partial charge in [-0.2, -0.15) is 0 Å². The smallest absolute Gasteiger partial charge is 0.462 e.